The molecule has 4 rings (SSSR count). The normalized spacial score (nSPS) is 22.6. The molecule has 1 aromatic heterocycles. The largest absolute Gasteiger partial charge is 0.301 e. The zero-order chi connectivity index (χ0) is 15.3. The third-order valence-electron chi connectivity index (χ3n) is 5.47. The lowest BCUT2D eigenvalue weighted by molar-refractivity contribution is 0.360. The van der Waals surface area contributed by atoms with E-state index in [1.54, 1.807) is 0 Å². The van der Waals surface area contributed by atoms with Gasteiger partial charge in [0.25, 0.3) is 5.56 Å². The number of thioether (sulfide) groups is 1. The second-order valence-corrected chi connectivity index (χ2v) is 7.35. The van der Waals surface area contributed by atoms with E-state index in [1.807, 2.05) is 6.26 Å². The van der Waals surface area contributed by atoms with E-state index in [4.69, 9.17) is 4.98 Å². The van der Waals surface area contributed by atoms with E-state index in [9.17, 15) is 4.79 Å². The third-order valence-corrected chi connectivity index (χ3v) is 6.05. The summed E-state index contributed by atoms with van der Waals surface area (Å²) >= 11 is 1.51. The molecule has 2 aliphatic carbocycles. The molecular formula is C18H20N2OS. The molecule has 0 saturated heterocycles. The van der Waals surface area contributed by atoms with E-state index in [0.29, 0.717) is 0 Å². The van der Waals surface area contributed by atoms with Crippen LogP contribution in [0.2, 0.25) is 0 Å². The molecule has 1 N–H and O–H groups in total. The van der Waals surface area contributed by atoms with E-state index in [2.05, 4.69) is 30.1 Å². The standard InChI is InChI=1S/C18H20N2OS/c1-11-4-3-5-14-12(11)6-8-18(14)9-7-13-15(10-18)19-17(22-2)20-16(13)21/h3-5H,6-10H2,1-2H3,(H,19,20,21). The molecule has 2 aliphatic rings. The Kier molecular flexibility index (Phi) is 3.19. The molecule has 0 bridgehead atoms. The number of H-pyrrole nitrogens is 1. The van der Waals surface area contributed by atoms with Crippen LogP contribution in [0.1, 0.15) is 40.8 Å². The minimum absolute atomic E-state index is 0.0617. The van der Waals surface area contributed by atoms with Crippen molar-refractivity contribution in [3.8, 4) is 0 Å². The van der Waals surface area contributed by atoms with Crippen LogP contribution < -0.4 is 5.56 Å². The first kappa shape index (κ1) is 14.1. The molecule has 1 aromatic carbocycles. The minimum atomic E-state index is 0.0617. The molecule has 3 nitrogen and oxygen atoms in total. The van der Waals surface area contributed by atoms with Crippen molar-refractivity contribution in [2.75, 3.05) is 6.26 Å². The average Bonchev–Trinajstić information content (AvgIpc) is 2.87. The van der Waals surface area contributed by atoms with Gasteiger partial charge >= 0.3 is 0 Å². The summed E-state index contributed by atoms with van der Waals surface area (Å²) in [5, 5.41) is 0.739. The molecule has 22 heavy (non-hydrogen) atoms. The van der Waals surface area contributed by atoms with Crippen LogP contribution in [0.15, 0.2) is 28.2 Å². The van der Waals surface area contributed by atoms with Gasteiger partial charge in [0, 0.05) is 11.0 Å². The van der Waals surface area contributed by atoms with Gasteiger partial charge < -0.3 is 4.98 Å². The Balaban J connectivity index is 1.82. The van der Waals surface area contributed by atoms with Crippen LogP contribution in [-0.2, 0) is 24.7 Å². The van der Waals surface area contributed by atoms with Crippen LogP contribution in [0, 0.1) is 6.92 Å². The number of rotatable bonds is 1. The van der Waals surface area contributed by atoms with Crippen molar-refractivity contribution in [1.82, 2.24) is 9.97 Å². The van der Waals surface area contributed by atoms with E-state index in [0.717, 1.165) is 42.1 Å². The molecule has 0 aliphatic heterocycles. The first-order valence-corrected chi connectivity index (χ1v) is 9.10. The number of hydrogen-bond acceptors (Lipinski definition) is 3. The highest BCUT2D eigenvalue weighted by molar-refractivity contribution is 7.98. The van der Waals surface area contributed by atoms with E-state index in [1.165, 1.54) is 34.9 Å². The fraction of sp³-hybridized carbons (Fsp3) is 0.444. The molecule has 1 atom stereocenters. The second-order valence-electron chi connectivity index (χ2n) is 6.56. The number of nitrogens with one attached hydrogen (secondary N) is 1. The van der Waals surface area contributed by atoms with Crippen molar-refractivity contribution < 1.29 is 0 Å². The maximum Gasteiger partial charge on any atom is 0.254 e. The Morgan fingerprint density at radius 1 is 1.23 bits per heavy atom. The summed E-state index contributed by atoms with van der Waals surface area (Å²) in [5.41, 5.74) is 6.63. The van der Waals surface area contributed by atoms with Gasteiger partial charge in [-0.2, -0.15) is 0 Å². The van der Waals surface area contributed by atoms with Crippen molar-refractivity contribution in [3.63, 3.8) is 0 Å². The smallest absolute Gasteiger partial charge is 0.254 e. The van der Waals surface area contributed by atoms with Crippen LogP contribution in [0.4, 0.5) is 0 Å². The van der Waals surface area contributed by atoms with Gasteiger partial charge in [-0.3, -0.25) is 4.79 Å². The van der Waals surface area contributed by atoms with E-state index in [-0.39, 0.29) is 11.0 Å². The highest BCUT2D eigenvalue weighted by atomic mass is 32.2. The first-order valence-electron chi connectivity index (χ1n) is 7.88. The van der Waals surface area contributed by atoms with Crippen molar-refractivity contribution in [2.45, 2.75) is 49.6 Å². The number of aryl methyl sites for hydroxylation is 1. The molecule has 4 heteroatoms. The number of aromatic nitrogens is 2. The number of aromatic amines is 1. The molecule has 1 spiro atoms. The molecule has 1 heterocycles. The van der Waals surface area contributed by atoms with Gasteiger partial charge in [0.2, 0.25) is 0 Å². The zero-order valence-electron chi connectivity index (χ0n) is 13.0. The monoisotopic (exact) mass is 312 g/mol. The molecule has 1 unspecified atom stereocenters. The minimum Gasteiger partial charge on any atom is -0.301 e. The summed E-state index contributed by atoms with van der Waals surface area (Å²) in [5.74, 6) is 0. The number of fused-ring (bicyclic) bond motifs is 3. The zero-order valence-corrected chi connectivity index (χ0v) is 13.8. The van der Waals surface area contributed by atoms with Crippen LogP contribution in [0.3, 0.4) is 0 Å². The Morgan fingerprint density at radius 2 is 2.00 bits per heavy atom. The number of benzene rings is 1. The molecule has 114 valence electrons. The lowest BCUT2D eigenvalue weighted by Gasteiger charge is -2.35. The van der Waals surface area contributed by atoms with Gasteiger partial charge in [0.05, 0.1) is 5.69 Å². The Labute approximate surface area is 134 Å². The number of nitrogens with zero attached hydrogens (tertiary/aromatic N) is 1. The van der Waals surface area contributed by atoms with Gasteiger partial charge in [0.15, 0.2) is 5.16 Å². The molecule has 0 amide bonds. The Hall–Kier alpha value is -1.55. The lowest BCUT2D eigenvalue weighted by Crippen LogP contribution is -2.35. The maximum absolute atomic E-state index is 12.2. The van der Waals surface area contributed by atoms with Crippen molar-refractivity contribution in [2.24, 2.45) is 0 Å². The SMILES string of the molecule is CSc1nc2c(c(=O)[nH]1)CCC1(CCc3c(C)cccc31)C2. The molecule has 2 aromatic rings. The van der Waals surface area contributed by atoms with Gasteiger partial charge in [-0.25, -0.2) is 4.98 Å². The summed E-state index contributed by atoms with van der Waals surface area (Å²) in [6.07, 6.45) is 7.14. The molecule has 0 radical (unpaired) electrons. The average molecular weight is 312 g/mol. The van der Waals surface area contributed by atoms with Crippen LogP contribution >= 0.6 is 11.8 Å². The number of hydrogen-bond donors (Lipinski definition) is 1. The van der Waals surface area contributed by atoms with Crippen molar-refractivity contribution in [1.29, 1.82) is 0 Å². The van der Waals surface area contributed by atoms with Crippen LogP contribution in [0.5, 0.6) is 0 Å². The third kappa shape index (κ3) is 1.97. The molecule has 0 saturated carbocycles. The van der Waals surface area contributed by atoms with Crippen LogP contribution in [0.25, 0.3) is 0 Å². The quantitative estimate of drug-likeness (QED) is 0.650. The fourth-order valence-corrected chi connectivity index (χ4v) is 4.66. The Bertz CT molecular complexity index is 811. The summed E-state index contributed by atoms with van der Waals surface area (Å²) in [4.78, 5) is 19.8. The molecular weight excluding hydrogens is 292 g/mol. The summed E-state index contributed by atoms with van der Waals surface area (Å²) in [6.45, 7) is 2.21. The van der Waals surface area contributed by atoms with Crippen molar-refractivity contribution >= 4 is 11.8 Å². The highest BCUT2D eigenvalue weighted by Crippen LogP contribution is 2.47. The highest BCUT2D eigenvalue weighted by Gasteiger charge is 2.42. The fourth-order valence-electron chi connectivity index (χ4n) is 4.27. The van der Waals surface area contributed by atoms with Crippen molar-refractivity contribution in [3.05, 3.63) is 56.5 Å². The van der Waals surface area contributed by atoms with Crippen LogP contribution in [-0.4, -0.2) is 16.2 Å². The predicted octanol–water partition coefficient (Wildman–Crippen LogP) is 3.17. The summed E-state index contributed by atoms with van der Waals surface area (Å²) in [7, 11) is 0. The van der Waals surface area contributed by atoms with Gasteiger partial charge in [-0.05, 0) is 62.0 Å². The summed E-state index contributed by atoms with van der Waals surface area (Å²) < 4.78 is 0. The van der Waals surface area contributed by atoms with Gasteiger partial charge in [-0.15, -0.1) is 0 Å². The molecule has 0 fully saturated rings. The first-order chi connectivity index (χ1) is 10.6. The second kappa shape index (κ2) is 4.98. The van der Waals surface area contributed by atoms with E-state index < -0.39 is 0 Å². The maximum atomic E-state index is 12.2. The Morgan fingerprint density at radius 3 is 2.77 bits per heavy atom. The van der Waals surface area contributed by atoms with E-state index >= 15 is 0 Å². The lowest BCUT2D eigenvalue weighted by atomic mass is 9.69. The van der Waals surface area contributed by atoms with Gasteiger partial charge in [-0.1, -0.05) is 30.0 Å². The predicted molar refractivity (Wildman–Crippen MR) is 89.8 cm³/mol. The topological polar surface area (TPSA) is 45.8 Å². The van der Waals surface area contributed by atoms with Gasteiger partial charge in [0.1, 0.15) is 0 Å². The summed E-state index contributed by atoms with van der Waals surface area (Å²) in [6, 6.07) is 6.68.